The fourth-order valence-corrected chi connectivity index (χ4v) is 2.50. The molecule has 0 unspecified atom stereocenters. The van der Waals surface area contributed by atoms with Crippen LogP contribution in [0.2, 0.25) is 5.02 Å². The Labute approximate surface area is 142 Å². The van der Waals surface area contributed by atoms with Crippen LogP contribution in [0.4, 0.5) is 0 Å². The van der Waals surface area contributed by atoms with E-state index in [9.17, 15) is 9.59 Å². The van der Waals surface area contributed by atoms with Gasteiger partial charge in [0.25, 0.3) is 5.91 Å². The first kappa shape index (κ1) is 16.1. The SMILES string of the molecule is COc1ccc2c(=O)cc(C(=O)NCc3cccc(Cl)c3)oc2c1. The molecule has 0 spiro atoms. The smallest absolute Gasteiger partial charge is 0.287 e. The summed E-state index contributed by atoms with van der Waals surface area (Å²) in [6, 6.07) is 13.2. The monoisotopic (exact) mass is 343 g/mol. The Morgan fingerprint density at radius 2 is 2.04 bits per heavy atom. The molecule has 0 aliphatic rings. The van der Waals surface area contributed by atoms with Crippen LogP contribution < -0.4 is 15.5 Å². The lowest BCUT2D eigenvalue weighted by Crippen LogP contribution is -2.24. The molecule has 1 heterocycles. The van der Waals surface area contributed by atoms with Gasteiger partial charge in [0, 0.05) is 23.7 Å². The van der Waals surface area contributed by atoms with E-state index in [-0.39, 0.29) is 17.7 Å². The van der Waals surface area contributed by atoms with E-state index in [0.717, 1.165) is 5.56 Å². The lowest BCUT2D eigenvalue weighted by molar-refractivity contribution is 0.0923. The van der Waals surface area contributed by atoms with Gasteiger partial charge < -0.3 is 14.5 Å². The van der Waals surface area contributed by atoms with Crippen molar-refractivity contribution in [3.63, 3.8) is 0 Å². The lowest BCUT2D eigenvalue weighted by Gasteiger charge is -2.07. The summed E-state index contributed by atoms with van der Waals surface area (Å²) in [7, 11) is 1.51. The minimum absolute atomic E-state index is 0.0530. The van der Waals surface area contributed by atoms with E-state index in [1.165, 1.54) is 13.2 Å². The third-order valence-corrected chi connectivity index (χ3v) is 3.74. The van der Waals surface area contributed by atoms with E-state index >= 15 is 0 Å². The normalized spacial score (nSPS) is 10.6. The molecule has 0 aliphatic carbocycles. The number of methoxy groups -OCH3 is 1. The molecule has 0 saturated heterocycles. The Bertz CT molecular complexity index is 965. The van der Waals surface area contributed by atoms with E-state index < -0.39 is 5.91 Å². The first-order valence-electron chi connectivity index (χ1n) is 7.21. The molecule has 24 heavy (non-hydrogen) atoms. The average molecular weight is 344 g/mol. The molecule has 0 fully saturated rings. The Hall–Kier alpha value is -2.79. The molecule has 3 rings (SSSR count). The predicted molar refractivity (Wildman–Crippen MR) is 91.7 cm³/mol. The van der Waals surface area contributed by atoms with Crippen LogP contribution in [-0.2, 0) is 6.54 Å². The third-order valence-electron chi connectivity index (χ3n) is 3.50. The third kappa shape index (κ3) is 3.41. The van der Waals surface area contributed by atoms with E-state index in [4.69, 9.17) is 20.8 Å². The molecule has 1 N–H and O–H groups in total. The van der Waals surface area contributed by atoms with Crippen molar-refractivity contribution >= 4 is 28.5 Å². The maximum Gasteiger partial charge on any atom is 0.287 e. The Kier molecular flexibility index (Phi) is 4.53. The van der Waals surface area contributed by atoms with Crippen LogP contribution in [-0.4, -0.2) is 13.0 Å². The molecular weight excluding hydrogens is 330 g/mol. The van der Waals surface area contributed by atoms with Crippen LogP contribution in [0.3, 0.4) is 0 Å². The lowest BCUT2D eigenvalue weighted by atomic mass is 10.2. The zero-order valence-electron chi connectivity index (χ0n) is 12.8. The molecule has 0 radical (unpaired) electrons. The van der Waals surface area contributed by atoms with Crippen LogP contribution in [0.15, 0.2) is 57.7 Å². The first-order valence-corrected chi connectivity index (χ1v) is 7.59. The van der Waals surface area contributed by atoms with Gasteiger partial charge in [-0.05, 0) is 29.8 Å². The first-order chi connectivity index (χ1) is 11.6. The van der Waals surface area contributed by atoms with E-state index in [1.54, 1.807) is 36.4 Å². The molecular formula is C18H14ClNO4. The zero-order valence-corrected chi connectivity index (χ0v) is 13.6. The summed E-state index contributed by atoms with van der Waals surface area (Å²) in [5.74, 6) is 0.0155. The molecule has 122 valence electrons. The number of carbonyl (C=O) groups excluding carboxylic acids is 1. The molecule has 2 aromatic carbocycles. The van der Waals surface area contributed by atoms with E-state index in [2.05, 4.69) is 5.32 Å². The second-order valence-electron chi connectivity index (χ2n) is 5.15. The zero-order chi connectivity index (χ0) is 17.1. The minimum Gasteiger partial charge on any atom is -0.497 e. The number of ether oxygens (including phenoxy) is 1. The van der Waals surface area contributed by atoms with Gasteiger partial charge in [-0.15, -0.1) is 0 Å². The predicted octanol–water partition coefficient (Wildman–Crippen LogP) is 3.39. The van der Waals surface area contributed by atoms with E-state index in [0.29, 0.717) is 21.7 Å². The molecule has 5 nitrogen and oxygen atoms in total. The summed E-state index contributed by atoms with van der Waals surface area (Å²) in [5, 5.41) is 3.68. The number of carbonyl (C=O) groups is 1. The Balaban J connectivity index is 1.85. The highest BCUT2D eigenvalue weighted by atomic mass is 35.5. The van der Waals surface area contributed by atoms with Crippen LogP contribution in [0.5, 0.6) is 5.75 Å². The summed E-state index contributed by atoms with van der Waals surface area (Å²) in [6.07, 6.45) is 0. The van der Waals surface area contributed by atoms with Crippen molar-refractivity contribution < 1.29 is 13.9 Å². The maximum absolute atomic E-state index is 12.2. The Morgan fingerprint density at radius 3 is 2.79 bits per heavy atom. The molecule has 0 saturated carbocycles. The molecule has 0 bridgehead atoms. The molecule has 6 heteroatoms. The summed E-state index contributed by atoms with van der Waals surface area (Å²) in [4.78, 5) is 24.4. The Morgan fingerprint density at radius 1 is 1.21 bits per heavy atom. The molecule has 1 amide bonds. The minimum atomic E-state index is -0.475. The van der Waals surface area contributed by atoms with Gasteiger partial charge in [-0.1, -0.05) is 23.7 Å². The van der Waals surface area contributed by atoms with Crippen molar-refractivity contribution in [3.8, 4) is 5.75 Å². The van der Waals surface area contributed by atoms with Crippen molar-refractivity contribution in [2.75, 3.05) is 7.11 Å². The number of benzene rings is 2. The largest absolute Gasteiger partial charge is 0.497 e. The fraction of sp³-hybridized carbons (Fsp3) is 0.111. The van der Waals surface area contributed by atoms with E-state index in [1.807, 2.05) is 6.07 Å². The molecule has 3 aromatic rings. The summed E-state index contributed by atoms with van der Waals surface area (Å²) < 4.78 is 10.6. The summed E-state index contributed by atoms with van der Waals surface area (Å²) >= 11 is 5.91. The van der Waals surface area contributed by atoms with Gasteiger partial charge >= 0.3 is 0 Å². The van der Waals surface area contributed by atoms with Gasteiger partial charge in [-0.2, -0.15) is 0 Å². The number of amides is 1. The number of fused-ring (bicyclic) bond motifs is 1. The van der Waals surface area contributed by atoms with Gasteiger partial charge in [-0.3, -0.25) is 9.59 Å². The van der Waals surface area contributed by atoms with Crippen molar-refractivity contribution in [1.29, 1.82) is 0 Å². The van der Waals surface area contributed by atoms with Crippen molar-refractivity contribution in [2.24, 2.45) is 0 Å². The van der Waals surface area contributed by atoms with Gasteiger partial charge in [0.05, 0.1) is 12.5 Å². The number of halogens is 1. The second kappa shape index (κ2) is 6.76. The van der Waals surface area contributed by atoms with Crippen LogP contribution in [0, 0.1) is 0 Å². The quantitative estimate of drug-likeness (QED) is 0.788. The topological polar surface area (TPSA) is 68.5 Å². The fourth-order valence-electron chi connectivity index (χ4n) is 2.29. The second-order valence-corrected chi connectivity index (χ2v) is 5.59. The summed E-state index contributed by atoms with van der Waals surface area (Å²) in [6.45, 7) is 0.277. The number of rotatable bonds is 4. The highest BCUT2D eigenvalue weighted by Gasteiger charge is 2.12. The van der Waals surface area contributed by atoms with Crippen molar-refractivity contribution in [3.05, 3.63) is 75.1 Å². The van der Waals surface area contributed by atoms with Gasteiger partial charge in [0.15, 0.2) is 11.2 Å². The van der Waals surface area contributed by atoms with Gasteiger partial charge in [0.1, 0.15) is 11.3 Å². The van der Waals surface area contributed by atoms with Crippen molar-refractivity contribution in [2.45, 2.75) is 6.54 Å². The number of hydrogen-bond acceptors (Lipinski definition) is 4. The number of nitrogens with one attached hydrogen (secondary N) is 1. The van der Waals surface area contributed by atoms with Crippen LogP contribution >= 0.6 is 11.6 Å². The van der Waals surface area contributed by atoms with Crippen LogP contribution in [0.25, 0.3) is 11.0 Å². The standard InChI is InChI=1S/C18H14ClNO4/c1-23-13-5-6-14-15(21)9-17(24-16(14)8-13)18(22)20-10-11-3-2-4-12(19)7-11/h2-9H,10H2,1H3,(H,20,22). The average Bonchev–Trinajstić information content (AvgIpc) is 2.59. The maximum atomic E-state index is 12.2. The molecule has 0 atom stereocenters. The highest BCUT2D eigenvalue weighted by Crippen LogP contribution is 2.19. The van der Waals surface area contributed by atoms with Gasteiger partial charge in [0.2, 0.25) is 0 Å². The number of hydrogen-bond donors (Lipinski definition) is 1. The summed E-state index contributed by atoms with van der Waals surface area (Å²) in [5.41, 5.74) is 0.863. The van der Waals surface area contributed by atoms with Gasteiger partial charge in [-0.25, -0.2) is 0 Å². The molecule has 1 aromatic heterocycles. The van der Waals surface area contributed by atoms with Crippen molar-refractivity contribution in [1.82, 2.24) is 5.32 Å². The molecule has 0 aliphatic heterocycles. The highest BCUT2D eigenvalue weighted by molar-refractivity contribution is 6.30. The van der Waals surface area contributed by atoms with Crippen LogP contribution in [0.1, 0.15) is 16.1 Å².